The van der Waals surface area contributed by atoms with Crippen LogP contribution in [0.15, 0.2) is 47.4 Å². The summed E-state index contributed by atoms with van der Waals surface area (Å²) < 4.78 is 46.5. The fourth-order valence-electron chi connectivity index (χ4n) is 3.54. The zero-order valence-electron chi connectivity index (χ0n) is 17.3. The average molecular weight is 478 g/mol. The van der Waals surface area contributed by atoms with Gasteiger partial charge in [-0.3, -0.25) is 4.79 Å². The molecule has 0 amide bonds. The summed E-state index contributed by atoms with van der Waals surface area (Å²) in [6.07, 6.45) is 0.364. The van der Waals surface area contributed by atoms with Crippen LogP contribution in [-0.4, -0.2) is 36.0 Å². The lowest BCUT2D eigenvalue weighted by molar-refractivity contribution is 0.0693. The third-order valence-corrected chi connectivity index (χ3v) is 5.38. The Bertz CT molecular complexity index is 1290. The molecule has 172 valence electrons. The van der Waals surface area contributed by atoms with E-state index in [0.29, 0.717) is 30.9 Å². The number of ether oxygens (including phenoxy) is 3. The zero-order valence-corrected chi connectivity index (χ0v) is 18.1. The smallest absolute Gasteiger partial charge is 0.341 e. The van der Waals surface area contributed by atoms with E-state index in [9.17, 15) is 23.5 Å². The van der Waals surface area contributed by atoms with E-state index in [1.807, 2.05) is 0 Å². The van der Waals surface area contributed by atoms with Crippen LogP contribution in [0.3, 0.4) is 0 Å². The van der Waals surface area contributed by atoms with Crippen molar-refractivity contribution in [2.45, 2.75) is 12.6 Å². The second-order valence-corrected chi connectivity index (χ2v) is 7.67. The first-order valence-electron chi connectivity index (χ1n) is 9.87. The molecule has 0 radical (unpaired) electrons. The fourth-order valence-corrected chi connectivity index (χ4v) is 3.76. The maximum Gasteiger partial charge on any atom is 0.341 e. The van der Waals surface area contributed by atoms with Crippen LogP contribution >= 0.6 is 11.6 Å². The van der Waals surface area contributed by atoms with Crippen LogP contribution in [0.5, 0.6) is 11.5 Å². The Morgan fingerprint density at radius 1 is 1.21 bits per heavy atom. The minimum Gasteiger partial charge on any atom is -0.492 e. The molecule has 0 saturated carbocycles. The Morgan fingerprint density at radius 2 is 2.00 bits per heavy atom. The number of pyridine rings is 1. The SMILES string of the molecule is COCCCOc1cc2c(cc1Cl)-c1cc(=O)c(C(=O)O)cn1C(c1cc(F)ccc1F)O2. The topological polar surface area (TPSA) is 87.0 Å². The number of hydrogen-bond donors (Lipinski definition) is 1. The molecule has 0 saturated heterocycles. The third-order valence-electron chi connectivity index (χ3n) is 5.09. The predicted octanol–water partition coefficient (Wildman–Crippen LogP) is 4.50. The van der Waals surface area contributed by atoms with E-state index in [1.165, 1.54) is 16.7 Å². The summed E-state index contributed by atoms with van der Waals surface area (Å²) in [6.45, 7) is 0.800. The maximum absolute atomic E-state index is 14.6. The van der Waals surface area contributed by atoms with Crippen LogP contribution in [0.2, 0.25) is 5.02 Å². The van der Waals surface area contributed by atoms with Gasteiger partial charge in [0.25, 0.3) is 0 Å². The fraction of sp³-hybridized carbons (Fsp3) is 0.217. The van der Waals surface area contributed by atoms with Crippen molar-refractivity contribution in [3.63, 3.8) is 0 Å². The molecule has 1 N–H and O–H groups in total. The van der Waals surface area contributed by atoms with Crippen molar-refractivity contribution in [1.29, 1.82) is 0 Å². The van der Waals surface area contributed by atoms with Crippen molar-refractivity contribution in [3.8, 4) is 22.8 Å². The second-order valence-electron chi connectivity index (χ2n) is 7.26. The molecule has 2 aromatic carbocycles. The van der Waals surface area contributed by atoms with Gasteiger partial charge in [0.05, 0.1) is 22.9 Å². The molecule has 3 aromatic rings. The number of rotatable bonds is 7. The molecule has 1 aromatic heterocycles. The van der Waals surface area contributed by atoms with Crippen LogP contribution in [0, 0.1) is 11.6 Å². The molecular weight excluding hydrogens is 460 g/mol. The molecule has 10 heteroatoms. The Kier molecular flexibility index (Phi) is 6.35. The van der Waals surface area contributed by atoms with E-state index in [2.05, 4.69) is 0 Å². The Morgan fingerprint density at radius 3 is 2.73 bits per heavy atom. The molecule has 1 atom stereocenters. The minimum atomic E-state index is -1.46. The quantitative estimate of drug-likeness (QED) is 0.504. The number of carboxylic acids is 1. The Balaban J connectivity index is 1.87. The van der Waals surface area contributed by atoms with Gasteiger partial charge in [0.2, 0.25) is 6.23 Å². The molecule has 1 aliphatic heterocycles. The van der Waals surface area contributed by atoms with Crippen molar-refractivity contribution in [1.82, 2.24) is 4.57 Å². The van der Waals surface area contributed by atoms with Crippen molar-refractivity contribution in [2.24, 2.45) is 0 Å². The number of aromatic carboxylic acids is 1. The van der Waals surface area contributed by atoms with E-state index in [1.54, 1.807) is 7.11 Å². The number of nitrogens with zero attached hydrogens (tertiary/aromatic N) is 1. The van der Waals surface area contributed by atoms with Crippen LogP contribution in [0.1, 0.15) is 28.6 Å². The summed E-state index contributed by atoms with van der Waals surface area (Å²) in [4.78, 5) is 24.0. The number of carbonyl (C=O) groups is 1. The van der Waals surface area contributed by atoms with E-state index >= 15 is 0 Å². The number of aromatic nitrogens is 1. The molecule has 2 heterocycles. The molecule has 0 aliphatic carbocycles. The van der Waals surface area contributed by atoms with Crippen molar-refractivity contribution in [3.05, 3.63) is 80.6 Å². The maximum atomic E-state index is 14.6. The van der Waals surface area contributed by atoms with Gasteiger partial charge in [-0.05, 0) is 24.3 Å². The molecule has 4 rings (SSSR count). The number of methoxy groups -OCH3 is 1. The summed E-state index contributed by atoms with van der Waals surface area (Å²) in [5.41, 5.74) is -0.883. The Labute approximate surface area is 191 Å². The molecule has 33 heavy (non-hydrogen) atoms. The zero-order chi connectivity index (χ0) is 23.7. The van der Waals surface area contributed by atoms with Crippen LogP contribution in [-0.2, 0) is 4.74 Å². The first kappa shape index (κ1) is 22.8. The van der Waals surface area contributed by atoms with Crippen molar-refractivity contribution < 1.29 is 32.9 Å². The lowest BCUT2D eigenvalue weighted by Gasteiger charge is -2.32. The first-order valence-corrected chi connectivity index (χ1v) is 10.2. The summed E-state index contributed by atoms with van der Waals surface area (Å²) in [5.74, 6) is -2.44. The lowest BCUT2D eigenvalue weighted by atomic mass is 10.0. The van der Waals surface area contributed by atoms with Gasteiger partial charge >= 0.3 is 5.97 Å². The highest BCUT2D eigenvalue weighted by Gasteiger charge is 2.31. The van der Waals surface area contributed by atoms with Crippen LogP contribution < -0.4 is 14.9 Å². The van der Waals surface area contributed by atoms with Gasteiger partial charge in [-0.15, -0.1) is 0 Å². The van der Waals surface area contributed by atoms with Gasteiger partial charge in [0.1, 0.15) is 28.7 Å². The molecule has 1 aliphatic rings. The number of halogens is 3. The van der Waals surface area contributed by atoms with Gasteiger partial charge in [0, 0.05) is 44.0 Å². The number of fused-ring (bicyclic) bond motifs is 3. The van der Waals surface area contributed by atoms with Gasteiger partial charge in [0.15, 0.2) is 5.43 Å². The van der Waals surface area contributed by atoms with E-state index in [4.69, 9.17) is 25.8 Å². The van der Waals surface area contributed by atoms with E-state index in [-0.39, 0.29) is 22.0 Å². The molecule has 7 nitrogen and oxygen atoms in total. The van der Waals surface area contributed by atoms with Crippen molar-refractivity contribution >= 4 is 17.6 Å². The average Bonchev–Trinajstić information content (AvgIpc) is 2.78. The van der Waals surface area contributed by atoms with E-state index < -0.39 is 34.8 Å². The highest BCUT2D eigenvalue weighted by molar-refractivity contribution is 6.32. The minimum absolute atomic E-state index is 0.181. The largest absolute Gasteiger partial charge is 0.492 e. The lowest BCUT2D eigenvalue weighted by Crippen LogP contribution is -2.28. The normalized spacial score (nSPS) is 14.2. The Hall–Kier alpha value is -3.43. The number of carboxylic acid groups (broad SMARTS) is 1. The molecular formula is C23H18ClF2NO6. The standard InChI is InChI=1S/C23H18ClF2NO6/c1-31-5-2-6-32-21-10-20-14(8-16(21)24)18-9-19(28)15(23(29)30)11-27(18)22(33-20)13-7-12(25)3-4-17(13)26/h3-4,7-11,22H,2,5-6H2,1H3,(H,29,30). The van der Waals surface area contributed by atoms with Crippen LogP contribution in [0.25, 0.3) is 11.3 Å². The van der Waals surface area contributed by atoms with Gasteiger partial charge in [-0.25, -0.2) is 13.6 Å². The highest BCUT2D eigenvalue weighted by atomic mass is 35.5. The first-order chi connectivity index (χ1) is 15.8. The van der Waals surface area contributed by atoms with Crippen molar-refractivity contribution in [2.75, 3.05) is 20.3 Å². The molecule has 1 unspecified atom stereocenters. The van der Waals surface area contributed by atoms with E-state index in [0.717, 1.165) is 30.5 Å². The monoisotopic (exact) mass is 477 g/mol. The van der Waals surface area contributed by atoms with Crippen LogP contribution in [0.4, 0.5) is 8.78 Å². The molecule has 0 fully saturated rings. The summed E-state index contributed by atoms with van der Waals surface area (Å²) in [7, 11) is 1.57. The van der Waals surface area contributed by atoms with Gasteiger partial charge < -0.3 is 23.9 Å². The number of hydrogen-bond acceptors (Lipinski definition) is 5. The third kappa shape index (κ3) is 4.42. The summed E-state index contributed by atoms with van der Waals surface area (Å²) in [6, 6.07) is 6.95. The summed E-state index contributed by atoms with van der Waals surface area (Å²) in [5, 5.41) is 9.61. The van der Waals surface area contributed by atoms with Gasteiger partial charge in [-0.1, -0.05) is 11.6 Å². The summed E-state index contributed by atoms with van der Waals surface area (Å²) >= 11 is 6.36. The molecule has 0 spiro atoms. The second kappa shape index (κ2) is 9.21. The highest BCUT2D eigenvalue weighted by Crippen LogP contribution is 2.45. The molecule has 0 bridgehead atoms. The predicted molar refractivity (Wildman–Crippen MR) is 115 cm³/mol. The van der Waals surface area contributed by atoms with Gasteiger partial charge in [-0.2, -0.15) is 0 Å². The number of benzene rings is 2.